The number of carbonyl (C=O) groups excluding carboxylic acids is 1. The van der Waals surface area contributed by atoms with E-state index >= 15 is 0 Å². The molecule has 0 radical (unpaired) electrons. The van der Waals surface area contributed by atoms with E-state index in [1.54, 1.807) is 6.92 Å². The number of halogens is 4. The summed E-state index contributed by atoms with van der Waals surface area (Å²) in [6, 6.07) is 0.772. The van der Waals surface area contributed by atoms with Gasteiger partial charge in [-0.3, -0.25) is 4.79 Å². The smallest absolute Gasteiger partial charge is 0.421 e. The molecule has 1 atom stereocenters. The number of carbonyl (C=O) groups is 1. The van der Waals surface area contributed by atoms with E-state index < -0.39 is 29.5 Å². The molecule has 1 saturated heterocycles. The third-order valence-electron chi connectivity index (χ3n) is 4.52. The molecule has 2 aromatic heterocycles. The number of hydrogen-bond acceptors (Lipinski definition) is 6. The van der Waals surface area contributed by atoms with E-state index in [4.69, 9.17) is 16.3 Å². The van der Waals surface area contributed by atoms with Crippen molar-refractivity contribution in [1.82, 2.24) is 19.9 Å². The number of aromatic amines is 1. The number of piperazine rings is 1. The summed E-state index contributed by atoms with van der Waals surface area (Å²) in [5, 5.41) is 0.430. The Bertz CT molecular complexity index is 943. The molecule has 0 aliphatic carbocycles. The quantitative estimate of drug-likeness (QED) is 0.778. The highest BCUT2D eigenvalue weighted by Crippen LogP contribution is 2.27. The van der Waals surface area contributed by atoms with E-state index in [1.165, 1.54) is 23.5 Å². The van der Waals surface area contributed by atoms with Crippen LogP contribution in [0.15, 0.2) is 29.5 Å². The second-order valence-electron chi connectivity index (χ2n) is 6.82. The number of H-pyrrole nitrogens is 1. The molecule has 2 aromatic rings. The number of alkyl halides is 3. The molecule has 1 fully saturated rings. The minimum atomic E-state index is -4.75. The van der Waals surface area contributed by atoms with Gasteiger partial charge in [0.1, 0.15) is 11.7 Å². The normalized spacial score (nSPS) is 15.8. The summed E-state index contributed by atoms with van der Waals surface area (Å²) in [6.07, 6.45) is -1.78. The molecule has 0 spiro atoms. The zero-order valence-corrected chi connectivity index (χ0v) is 16.7. The number of rotatable bonds is 4. The molecule has 30 heavy (non-hydrogen) atoms. The van der Waals surface area contributed by atoms with E-state index in [1.807, 2.05) is 4.90 Å². The Labute approximate surface area is 174 Å². The first-order valence-corrected chi connectivity index (χ1v) is 9.48. The summed E-state index contributed by atoms with van der Waals surface area (Å²) in [6.45, 7) is 3.34. The number of hydrogen-bond donors (Lipinski definition) is 1. The number of ether oxygens (including phenoxy) is 1. The van der Waals surface area contributed by atoms with E-state index in [2.05, 4.69) is 15.0 Å². The molecular formula is C18H19ClF3N5O3. The molecule has 12 heteroatoms. The van der Waals surface area contributed by atoms with Crippen molar-refractivity contribution in [2.45, 2.75) is 25.6 Å². The molecule has 162 valence electrons. The summed E-state index contributed by atoms with van der Waals surface area (Å²) < 4.78 is 43.9. The molecule has 0 bridgehead atoms. The van der Waals surface area contributed by atoms with Crippen LogP contribution in [0.1, 0.15) is 18.1 Å². The van der Waals surface area contributed by atoms with Crippen LogP contribution in [-0.2, 0) is 17.3 Å². The summed E-state index contributed by atoms with van der Waals surface area (Å²) in [5.74, 6) is 0.513. The Morgan fingerprint density at radius 2 is 1.90 bits per heavy atom. The van der Waals surface area contributed by atoms with Gasteiger partial charge in [-0.25, -0.2) is 14.8 Å². The van der Waals surface area contributed by atoms with E-state index in [-0.39, 0.29) is 12.0 Å². The average Bonchev–Trinajstić information content (AvgIpc) is 2.69. The molecular weight excluding hydrogens is 427 g/mol. The predicted molar refractivity (Wildman–Crippen MR) is 103 cm³/mol. The predicted octanol–water partition coefficient (Wildman–Crippen LogP) is 2.73. The van der Waals surface area contributed by atoms with Crippen LogP contribution in [0, 0.1) is 0 Å². The van der Waals surface area contributed by atoms with E-state index in [0.29, 0.717) is 37.1 Å². The van der Waals surface area contributed by atoms with Crippen molar-refractivity contribution in [3.8, 4) is 0 Å². The van der Waals surface area contributed by atoms with Gasteiger partial charge < -0.3 is 19.5 Å². The second-order valence-corrected chi connectivity index (χ2v) is 7.26. The lowest BCUT2D eigenvalue weighted by molar-refractivity contribution is -0.138. The van der Waals surface area contributed by atoms with Crippen molar-refractivity contribution in [3.05, 3.63) is 51.2 Å². The van der Waals surface area contributed by atoms with Gasteiger partial charge in [-0.15, -0.1) is 0 Å². The van der Waals surface area contributed by atoms with Gasteiger partial charge in [-0.1, -0.05) is 11.6 Å². The van der Waals surface area contributed by atoms with Gasteiger partial charge >= 0.3 is 12.3 Å². The van der Waals surface area contributed by atoms with Gasteiger partial charge in [-0.05, 0) is 18.6 Å². The highest BCUT2D eigenvalue weighted by molar-refractivity contribution is 6.30. The summed E-state index contributed by atoms with van der Waals surface area (Å²) in [5.41, 5.74) is -2.27. The number of nitrogens with one attached hydrogen (secondary N) is 1. The van der Waals surface area contributed by atoms with Crippen LogP contribution in [-0.4, -0.2) is 58.2 Å². The molecule has 1 aliphatic rings. The Morgan fingerprint density at radius 1 is 1.27 bits per heavy atom. The van der Waals surface area contributed by atoms with Crippen molar-refractivity contribution in [2.75, 3.05) is 31.1 Å². The molecule has 0 aromatic carbocycles. The van der Waals surface area contributed by atoms with Crippen LogP contribution >= 0.6 is 11.6 Å². The molecule has 3 rings (SSSR count). The van der Waals surface area contributed by atoms with Crippen LogP contribution in [0.5, 0.6) is 0 Å². The van der Waals surface area contributed by atoms with Gasteiger partial charge in [-0.2, -0.15) is 13.2 Å². The number of amides is 1. The summed E-state index contributed by atoms with van der Waals surface area (Å²) in [7, 11) is 0. The molecule has 8 nitrogen and oxygen atoms in total. The maximum absolute atomic E-state index is 12.9. The van der Waals surface area contributed by atoms with Gasteiger partial charge in [0.25, 0.3) is 5.56 Å². The monoisotopic (exact) mass is 445 g/mol. The van der Waals surface area contributed by atoms with Crippen LogP contribution in [0.3, 0.4) is 0 Å². The number of nitrogens with zero attached hydrogens (tertiary/aromatic N) is 4. The fourth-order valence-corrected chi connectivity index (χ4v) is 3.13. The zero-order valence-electron chi connectivity index (χ0n) is 15.9. The van der Waals surface area contributed by atoms with E-state index in [0.717, 1.165) is 6.07 Å². The molecule has 1 amide bonds. The van der Waals surface area contributed by atoms with Gasteiger partial charge in [0, 0.05) is 38.8 Å². The van der Waals surface area contributed by atoms with E-state index in [9.17, 15) is 22.8 Å². The summed E-state index contributed by atoms with van der Waals surface area (Å²) >= 11 is 5.77. The Kier molecular flexibility index (Phi) is 6.49. The van der Waals surface area contributed by atoms with Crippen LogP contribution in [0.4, 0.5) is 23.9 Å². The maximum Gasteiger partial charge on any atom is 0.421 e. The molecule has 1 N–H and O–H groups in total. The number of aromatic nitrogens is 3. The topological polar surface area (TPSA) is 91.4 Å². The van der Waals surface area contributed by atoms with Crippen molar-refractivity contribution in [3.63, 3.8) is 0 Å². The molecule has 3 heterocycles. The maximum atomic E-state index is 12.9. The standard InChI is InChI=1S/C18H19ClF3N5O3/c1-11(6-12-7-14(18(20,21)22)15(28)23-8-12)30-17(29)27-4-2-26(3-5-27)16-24-9-13(19)10-25-16/h7-11H,2-6H2,1H3,(H,23,28). The fraction of sp³-hybridized carbons (Fsp3) is 0.444. The molecule has 0 saturated carbocycles. The summed E-state index contributed by atoms with van der Waals surface area (Å²) in [4.78, 5) is 37.5. The lowest BCUT2D eigenvalue weighted by atomic mass is 10.1. The largest absolute Gasteiger partial charge is 0.446 e. The van der Waals surface area contributed by atoms with Gasteiger partial charge in [0.15, 0.2) is 0 Å². The molecule has 1 aliphatic heterocycles. The lowest BCUT2D eigenvalue weighted by Crippen LogP contribution is -2.50. The van der Waals surface area contributed by atoms with Crippen LogP contribution in [0.25, 0.3) is 0 Å². The second kappa shape index (κ2) is 8.90. The van der Waals surface area contributed by atoms with Crippen LogP contribution < -0.4 is 10.5 Å². The van der Waals surface area contributed by atoms with Crippen molar-refractivity contribution < 1.29 is 22.7 Å². The minimum absolute atomic E-state index is 0.0319. The average molecular weight is 446 g/mol. The SMILES string of the molecule is CC(Cc1c[nH]c(=O)c(C(F)(F)F)c1)OC(=O)N1CCN(c2ncc(Cl)cn2)CC1. The van der Waals surface area contributed by atoms with Crippen LogP contribution in [0.2, 0.25) is 5.02 Å². The Hall–Kier alpha value is -2.82. The number of anilines is 1. The van der Waals surface area contributed by atoms with Crippen molar-refractivity contribution >= 4 is 23.6 Å². The third kappa shape index (κ3) is 5.41. The van der Waals surface area contributed by atoms with Gasteiger partial charge in [0.2, 0.25) is 5.95 Å². The fourth-order valence-electron chi connectivity index (χ4n) is 3.04. The first kappa shape index (κ1) is 21.9. The molecule has 1 unspecified atom stereocenters. The first-order chi connectivity index (χ1) is 14.1. The highest BCUT2D eigenvalue weighted by atomic mass is 35.5. The Balaban J connectivity index is 1.53. The van der Waals surface area contributed by atoms with Gasteiger partial charge in [0.05, 0.1) is 17.4 Å². The zero-order chi connectivity index (χ0) is 21.9. The minimum Gasteiger partial charge on any atom is -0.446 e. The third-order valence-corrected chi connectivity index (χ3v) is 4.72. The number of pyridine rings is 1. The highest BCUT2D eigenvalue weighted by Gasteiger charge is 2.34. The Morgan fingerprint density at radius 3 is 2.50 bits per heavy atom. The first-order valence-electron chi connectivity index (χ1n) is 9.10. The van der Waals surface area contributed by atoms with Crippen molar-refractivity contribution in [1.29, 1.82) is 0 Å². The lowest BCUT2D eigenvalue weighted by Gasteiger charge is -2.34. The van der Waals surface area contributed by atoms with Crippen molar-refractivity contribution in [2.24, 2.45) is 0 Å².